The summed E-state index contributed by atoms with van der Waals surface area (Å²) in [6, 6.07) is 20.1. The number of aliphatic imine (C=N–C) groups is 1. The molecule has 2 aromatic rings. The first-order chi connectivity index (χ1) is 24.7. The Balaban J connectivity index is 1.22. The first kappa shape index (κ1) is 37.0. The van der Waals surface area contributed by atoms with E-state index in [1.807, 2.05) is 66.7 Å². The van der Waals surface area contributed by atoms with E-state index in [-0.39, 0.29) is 57.3 Å². The molecule has 4 fully saturated rings. The van der Waals surface area contributed by atoms with Gasteiger partial charge in [0.05, 0.1) is 17.1 Å². The molecule has 0 unspecified atom stereocenters. The Hall–Kier alpha value is -3.34. The van der Waals surface area contributed by atoms with Crippen molar-refractivity contribution in [3.63, 3.8) is 0 Å². The van der Waals surface area contributed by atoms with Crippen LogP contribution in [0.3, 0.4) is 0 Å². The van der Waals surface area contributed by atoms with Crippen molar-refractivity contribution in [2.45, 2.75) is 130 Å². The van der Waals surface area contributed by atoms with Crippen LogP contribution in [0.25, 0.3) is 0 Å². The zero-order chi connectivity index (χ0) is 37.2. The second kappa shape index (κ2) is 13.2. The summed E-state index contributed by atoms with van der Waals surface area (Å²) in [5, 5.41) is 0. The average Bonchev–Trinajstić information content (AvgIpc) is 3.12. The SMILES string of the molecule is CCCO[C@H]1CC[C@@]2(C)[C@@H](CC[C@]3(C)[C@@H]2C(=O)C=C2[C@@H]4C[C@@](C)(C(=O)OC(c5ccccc5)c5ccccc5)CC[C@]4(C)CC[C@]23C)[C@]1(C)N=C=O. The lowest BCUT2D eigenvalue weighted by molar-refractivity contribution is -0.194. The zero-order valence-corrected chi connectivity index (χ0v) is 32.5. The number of ketones is 1. The van der Waals surface area contributed by atoms with Gasteiger partial charge in [-0.1, -0.05) is 101 Å². The lowest BCUT2D eigenvalue weighted by Crippen LogP contribution is -2.68. The summed E-state index contributed by atoms with van der Waals surface area (Å²) >= 11 is 0. The highest BCUT2D eigenvalue weighted by Gasteiger charge is 2.71. The van der Waals surface area contributed by atoms with Gasteiger partial charge in [-0.15, -0.1) is 0 Å². The molecule has 7 rings (SSSR count). The van der Waals surface area contributed by atoms with Crippen molar-refractivity contribution in [2.24, 2.45) is 49.8 Å². The molecular formula is C46H59NO5. The summed E-state index contributed by atoms with van der Waals surface area (Å²) in [7, 11) is 0. The van der Waals surface area contributed by atoms with Gasteiger partial charge in [0.1, 0.15) is 0 Å². The maximum atomic E-state index is 14.9. The van der Waals surface area contributed by atoms with E-state index in [1.165, 1.54) is 5.57 Å². The molecule has 52 heavy (non-hydrogen) atoms. The minimum absolute atomic E-state index is 0.0138. The van der Waals surface area contributed by atoms with Crippen molar-refractivity contribution >= 4 is 17.8 Å². The third kappa shape index (κ3) is 5.53. The van der Waals surface area contributed by atoms with Crippen LogP contribution in [-0.4, -0.2) is 36.1 Å². The zero-order valence-electron chi connectivity index (χ0n) is 32.5. The number of ether oxygens (including phenoxy) is 2. The van der Waals surface area contributed by atoms with Gasteiger partial charge in [-0.25, -0.2) is 4.79 Å². The van der Waals surface area contributed by atoms with Gasteiger partial charge in [0.25, 0.3) is 0 Å². The summed E-state index contributed by atoms with van der Waals surface area (Å²) in [6.07, 6.45) is 12.1. The fourth-order valence-electron chi connectivity index (χ4n) is 12.6. The number of carbonyl (C=O) groups excluding carboxylic acids is 3. The average molecular weight is 706 g/mol. The maximum absolute atomic E-state index is 14.9. The van der Waals surface area contributed by atoms with Crippen LogP contribution in [0, 0.1) is 44.8 Å². The van der Waals surface area contributed by atoms with E-state index in [9.17, 15) is 14.4 Å². The predicted octanol–water partition coefficient (Wildman–Crippen LogP) is 10.2. The summed E-state index contributed by atoms with van der Waals surface area (Å²) in [5.41, 5.74) is 1.02. The molecule has 0 N–H and O–H groups in total. The van der Waals surface area contributed by atoms with E-state index in [0.29, 0.717) is 13.0 Å². The smallest absolute Gasteiger partial charge is 0.312 e. The van der Waals surface area contributed by atoms with E-state index < -0.39 is 17.1 Å². The lowest BCUT2D eigenvalue weighted by Gasteiger charge is -2.70. The molecular weight excluding hydrogens is 647 g/mol. The molecule has 5 aliphatic carbocycles. The van der Waals surface area contributed by atoms with Crippen LogP contribution < -0.4 is 0 Å². The Bertz CT molecular complexity index is 1730. The molecule has 5 aliphatic rings. The fraction of sp³-hybridized carbons (Fsp3) is 0.630. The fourth-order valence-corrected chi connectivity index (χ4v) is 12.6. The van der Waals surface area contributed by atoms with Crippen LogP contribution in [0.5, 0.6) is 0 Å². The summed E-state index contributed by atoms with van der Waals surface area (Å²) in [6.45, 7) is 16.5. The van der Waals surface area contributed by atoms with Crippen molar-refractivity contribution in [3.8, 4) is 0 Å². The molecule has 0 amide bonds. The van der Waals surface area contributed by atoms with E-state index >= 15 is 0 Å². The molecule has 0 radical (unpaired) electrons. The monoisotopic (exact) mass is 705 g/mol. The predicted molar refractivity (Wildman–Crippen MR) is 203 cm³/mol. The number of allylic oxidation sites excluding steroid dienone is 2. The van der Waals surface area contributed by atoms with Crippen LogP contribution in [0.15, 0.2) is 77.3 Å². The minimum Gasteiger partial charge on any atom is -0.452 e. The van der Waals surface area contributed by atoms with Crippen molar-refractivity contribution in [3.05, 3.63) is 83.4 Å². The standard InChI is InChI=1S/C46H59NO5/c1-8-27-51-37-20-21-43(4)36(46(37,7)47-30-48)19-22-45(6)39(43)35(49)28-33-34-29-42(3,24-23-41(34,2)25-26-44(33,45)5)40(50)52-38(31-15-11-9-12-16-31)32-17-13-10-14-18-32/h9-18,28,34,36-39H,8,19-27,29H2,1-7H3/t34-,36+,37-,39+,41+,42-,43-,44+,45+,46-/m0/s1. The van der Waals surface area contributed by atoms with Gasteiger partial charge >= 0.3 is 5.97 Å². The van der Waals surface area contributed by atoms with Crippen molar-refractivity contribution in [1.29, 1.82) is 0 Å². The van der Waals surface area contributed by atoms with Gasteiger partial charge in [0.2, 0.25) is 6.08 Å². The number of carbonyl (C=O) groups is 2. The van der Waals surface area contributed by atoms with Crippen molar-refractivity contribution in [2.75, 3.05) is 6.61 Å². The minimum atomic E-state index is -0.718. The van der Waals surface area contributed by atoms with E-state index in [2.05, 4.69) is 59.5 Å². The van der Waals surface area contributed by atoms with Crippen LogP contribution in [-0.2, 0) is 23.9 Å². The Labute approximate surface area is 311 Å². The first-order valence-corrected chi connectivity index (χ1v) is 20.0. The molecule has 2 aromatic carbocycles. The Morgan fingerprint density at radius 2 is 1.50 bits per heavy atom. The molecule has 0 aromatic heterocycles. The molecule has 6 heteroatoms. The molecule has 0 aliphatic heterocycles. The van der Waals surface area contributed by atoms with E-state index in [4.69, 9.17) is 9.47 Å². The third-order valence-corrected chi connectivity index (χ3v) is 15.9. The van der Waals surface area contributed by atoms with Gasteiger partial charge in [-0.2, -0.15) is 4.99 Å². The normalized spacial score (nSPS) is 41.0. The van der Waals surface area contributed by atoms with Crippen LogP contribution >= 0.6 is 0 Å². The van der Waals surface area contributed by atoms with Crippen LogP contribution in [0.2, 0.25) is 0 Å². The Kier molecular flexibility index (Phi) is 9.39. The number of hydrogen-bond acceptors (Lipinski definition) is 6. The third-order valence-electron chi connectivity index (χ3n) is 15.9. The number of fused-ring (bicyclic) bond motifs is 7. The van der Waals surface area contributed by atoms with E-state index in [1.54, 1.807) is 0 Å². The van der Waals surface area contributed by atoms with Crippen molar-refractivity contribution in [1.82, 2.24) is 0 Å². The largest absolute Gasteiger partial charge is 0.452 e. The first-order valence-electron chi connectivity index (χ1n) is 20.0. The highest BCUT2D eigenvalue weighted by Crippen LogP contribution is 2.74. The van der Waals surface area contributed by atoms with Crippen LogP contribution in [0.4, 0.5) is 0 Å². The molecule has 0 spiro atoms. The summed E-state index contributed by atoms with van der Waals surface area (Å²) in [4.78, 5) is 45.9. The van der Waals surface area contributed by atoms with Gasteiger partial charge in [0, 0.05) is 12.5 Å². The van der Waals surface area contributed by atoms with Gasteiger partial charge < -0.3 is 9.47 Å². The van der Waals surface area contributed by atoms with Gasteiger partial charge in [0.15, 0.2) is 11.9 Å². The lowest BCUT2D eigenvalue weighted by atomic mass is 9.34. The molecule has 0 bridgehead atoms. The molecule has 0 heterocycles. The second-order valence-electron chi connectivity index (χ2n) is 18.7. The van der Waals surface area contributed by atoms with Crippen molar-refractivity contribution < 1.29 is 23.9 Å². The molecule has 0 saturated heterocycles. The number of hydrogen-bond donors (Lipinski definition) is 0. The number of rotatable bonds is 8. The van der Waals surface area contributed by atoms with Gasteiger partial charge in [-0.05, 0) is 129 Å². The Morgan fingerprint density at radius 3 is 2.12 bits per heavy atom. The topological polar surface area (TPSA) is 82.0 Å². The highest BCUT2D eigenvalue weighted by atomic mass is 16.5. The molecule has 278 valence electrons. The maximum Gasteiger partial charge on any atom is 0.312 e. The number of nitrogens with zero attached hydrogens (tertiary/aromatic N) is 1. The van der Waals surface area contributed by atoms with E-state index in [0.717, 1.165) is 68.9 Å². The molecule has 4 saturated carbocycles. The number of esters is 1. The quantitative estimate of drug-likeness (QED) is 0.155. The Morgan fingerprint density at radius 1 is 0.865 bits per heavy atom. The summed E-state index contributed by atoms with van der Waals surface area (Å²) < 4.78 is 12.9. The summed E-state index contributed by atoms with van der Waals surface area (Å²) in [5.74, 6) is 0.0418. The number of isocyanates is 1. The highest BCUT2D eigenvalue weighted by molar-refractivity contribution is 5.95. The molecule has 6 nitrogen and oxygen atoms in total. The van der Waals surface area contributed by atoms with Gasteiger partial charge in [-0.3, -0.25) is 9.59 Å². The second-order valence-corrected chi connectivity index (χ2v) is 18.7. The number of benzene rings is 2. The molecule has 10 atom stereocenters. The van der Waals surface area contributed by atoms with Crippen LogP contribution in [0.1, 0.15) is 130 Å².